The molecule has 2 saturated heterocycles. The third-order valence-electron chi connectivity index (χ3n) is 5.97. The Morgan fingerprint density at radius 3 is 2.39 bits per heavy atom. The number of nitrogens with two attached hydrogens (primary N) is 1. The van der Waals surface area contributed by atoms with Gasteiger partial charge in [0.25, 0.3) is 5.91 Å². The average Bonchev–Trinajstić information content (AvgIpc) is 2.64. The van der Waals surface area contributed by atoms with E-state index in [1.165, 1.54) is 0 Å². The number of aryl methyl sites for hydroxylation is 1. The number of halogens is 1. The van der Waals surface area contributed by atoms with Gasteiger partial charge in [0, 0.05) is 37.8 Å². The van der Waals surface area contributed by atoms with Gasteiger partial charge in [0.15, 0.2) is 0 Å². The summed E-state index contributed by atoms with van der Waals surface area (Å²) in [6, 6.07) is 5.09. The minimum Gasteiger partial charge on any atom is -0.338 e. The number of hydrogen-bond acceptors (Lipinski definition) is 4. The Hall–Kier alpha value is -1.15. The molecule has 1 atom stereocenters. The predicted molar refractivity (Wildman–Crippen MR) is 113 cm³/mol. The molecule has 0 aliphatic carbocycles. The lowest BCUT2D eigenvalue weighted by atomic mass is 9.79. The molecule has 2 aliphatic heterocycles. The molecule has 0 saturated carbocycles. The molecule has 1 amide bonds. The van der Waals surface area contributed by atoms with E-state index < -0.39 is 10.0 Å². The van der Waals surface area contributed by atoms with Crippen LogP contribution in [0.3, 0.4) is 0 Å². The van der Waals surface area contributed by atoms with Crippen molar-refractivity contribution in [2.24, 2.45) is 11.1 Å². The molecule has 0 radical (unpaired) electrons. The number of sulfonamides is 1. The number of rotatable bonds is 3. The molecule has 8 heteroatoms. The van der Waals surface area contributed by atoms with E-state index in [1.807, 2.05) is 0 Å². The topological polar surface area (TPSA) is 83.7 Å². The van der Waals surface area contributed by atoms with Crippen molar-refractivity contribution in [1.29, 1.82) is 0 Å². The number of nitrogens with zero attached hydrogens (tertiary/aromatic N) is 2. The van der Waals surface area contributed by atoms with Gasteiger partial charge in [0.05, 0.1) is 4.90 Å². The van der Waals surface area contributed by atoms with Crippen LogP contribution in [0.1, 0.15) is 55.5 Å². The minimum absolute atomic E-state index is 0. The van der Waals surface area contributed by atoms with Crippen LogP contribution in [0.25, 0.3) is 0 Å². The maximum Gasteiger partial charge on any atom is 0.253 e. The molecule has 1 aromatic carbocycles. The fraction of sp³-hybridized carbons (Fsp3) is 0.650. The fourth-order valence-corrected chi connectivity index (χ4v) is 5.75. The van der Waals surface area contributed by atoms with Crippen LogP contribution in [0.2, 0.25) is 0 Å². The second-order valence-electron chi connectivity index (χ2n) is 8.56. The molecule has 1 unspecified atom stereocenters. The summed E-state index contributed by atoms with van der Waals surface area (Å²) in [6.07, 6.45) is 3.60. The van der Waals surface area contributed by atoms with Crippen molar-refractivity contribution < 1.29 is 13.2 Å². The second kappa shape index (κ2) is 8.69. The SMILES string of the molecule is Cc1ccc(C(=O)N2CCC(N)C(C)(C)C2)cc1S(=O)(=O)N1CCCCC1.Cl. The molecular formula is C20H32ClN3O3S. The zero-order valence-corrected chi connectivity index (χ0v) is 18.6. The minimum atomic E-state index is -3.57. The molecule has 0 aromatic heterocycles. The molecule has 28 heavy (non-hydrogen) atoms. The molecule has 1 aromatic rings. The molecule has 2 heterocycles. The van der Waals surface area contributed by atoms with Crippen molar-refractivity contribution in [2.75, 3.05) is 26.2 Å². The van der Waals surface area contributed by atoms with Crippen LogP contribution in [-0.2, 0) is 10.0 Å². The Labute approximate surface area is 174 Å². The quantitative estimate of drug-likeness (QED) is 0.800. The van der Waals surface area contributed by atoms with Crippen LogP contribution in [-0.4, -0.2) is 55.8 Å². The summed E-state index contributed by atoms with van der Waals surface area (Å²) in [6.45, 7) is 8.21. The summed E-state index contributed by atoms with van der Waals surface area (Å²) >= 11 is 0. The zero-order valence-electron chi connectivity index (χ0n) is 17.0. The number of amides is 1. The summed E-state index contributed by atoms with van der Waals surface area (Å²) in [4.78, 5) is 15.1. The van der Waals surface area contributed by atoms with Crippen LogP contribution >= 0.6 is 12.4 Å². The van der Waals surface area contributed by atoms with Gasteiger partial charge >= 0.3 is 0 Å². The molecule has 158 valence electrons. The lowest BCUT2D eigenvalue weighted by Crippen LogP contribution is -2.54. The fourth-order valence-electron chi connectivity index (χ4n) is 3.99. The number of carbonyl (C=O) groups excluding carboxylic acids is 1. The Morgan fingerprint density at radius 1 is 1.14 bits per heavy atom. The lowest BCUT2D eigenvalue weighted by Gasteiger charge is -2.42. The van der Waals surface area contributed by atoms with Gasteiger partial charge in [-0.05, 0) is 49.3 Å². The van der Waals surface area contributed by atoms with Crippen LogP contribution in [0.15, 0.2) is 23.1 Å². The molecule has 2 fully saturated rings. The van der Waals surface area contributed by atoms with Crippen LogP contribution in [0.4, 0.5) is 0 Å². The lowest BCUT2D eigenvalue weighted by molar-refractivity contribution is 0.0532. The molecule has 2 aliphatic rings. The highest BCUT2D eigenvalue weighted by Gasteiger charge is 2.36. The normalized spacial score (nSPS) is 23.1. The van der Waals surface area contributed by atoms with Crippen molar-refractivity contribution in [3.05, 3.63) is 29.3 Å². The first-order chi connectivity index (χ1) is 12.6. The van der Waals surface area contributed by atoms with E-state index in [1.54, 1.807) is 34.3 Å². The van der Waals surface area contributed by atoms with Crippen molar-refractivity contribution in [3.63, 3.8) is 0 Å². The van der Waals surface area contributed by atoms with E-state index in [4.69, 9.17) is 5.73 Å². The smallest absolute Gasteiger partial charge is 0.253 e. The van der Waals surface area contributed by atoms with E-state index in [2.05, 4.69) is 13.8 Å². The molecular weight excluding hydrogens is 398 g/mol. The van der Waals surface area contributed by atoms with Gasteiger partial charge < -0.3 is 10.6 Å². The Balaban J connectivity index is 0.00000280. The summed E-state index contributed by atoms with van der Waals surface area (Å²) in [5, 5.41) is 0. The molecule has 0 spiro atoms. The molecule has 0 bridgehead atoms. The van der Waals surface area contributed by atoms with E-state index in [-0.39, 0.29) is 34.7 Å². The number of hydrogen-bond donors (Lipinski definition) is 1. The Kier molecular flexibility index (Phi) is 7.18. The number of likely N-dealkylation sites (tertiary alicyclic amines) is 1. The highest BCUT2D eigenvalue weighted by molar-refractivity contribution is 7.89. The van der Waals surface area contributed by atoms with Gasteiger partial charge in [-0.3, -0.25) is 4.79 Å². The van der Waals surface area contributed by atoms with Crippen molar-refractivity contribution in [3.8, 4) is 0 Å². The first-order valence-electron chi connectivity index (χ1n) is 9.78. The highest BCUT2D eigenvalue weighted by Crippen LogP contribution is 2.30. The Morgan fingerprint density at radius 2 is 1.79 bits per heavy atom. The van der Waals surface area contributed by atoms with Crippen LogP contribution in [0, 0.1) is 12.3 Å². The van der Waals surface area contributed by atoms with Gasteiger partial charge in [0.2, 0.25) is 10.0 Å². The summed E-state index contributed by atoms with van der Waals surface area (Å²) < 4.78 is 27.7. The van der Waals surface area contributed by atoms with Crippen LogP contribution < -0.4 is 5.73 Å². The van der Waals surface area contributed by atoms with Gasteiger partial charge in [-0.15, -0.1) is 12.4 Å². The second-order valence-corrected chi connectivity index (χ2v) is 10.5. The maximum absolute atomic E-state index is 13.1. The largest absolute Gasteiger partial charge is 0.338 e. The molecule has 6 nitrogen and oxygen atoms in total. The maximum atomic E-state index is 13.1. The monoisotopic (exact) mass is 429 g/mol. The molecule has 3 rings (SSSR count). The first kappa shape index (κ1) is 23.1. The third-order valence-corrected chi connectivity index (χ3v) is 8.01. The van der Waals surface area contributed by atoms with Crippen molar-refractivity contribution >= 4 is 28.3 Å². The predicted octanol–water partition coefficient (Wildman–Crippen LogP) is 2.79. The van der Waals surface area contributed by atoms with Gasteiger partial charge in [0.1, 0.15) is 0 Å². The highest BCUT2D eigenvalue weighted by atomic mass is 35.5. The summed E-state index contributed by atoms with van der Waals surface area (Å²) in [5.74, 6) is -0.120. The Bertz CT molecular complexity index is 820. The van der Waals surface area contributed by atoms with E-state index in [0.29, 0.717) is 37.3 Å². The standard InChI is InChI=1S/C20H31N3O3S.ClH/c1-15-7-8-16(19(24)22-12-9-18(21)20(2,3)14-22)13-17(15)27(25,26)23-10-5-4-6-11-23;/h7-8,13,18H,4-6,9-12,14,21H2,1-3H3;1H. The third kappa shape index (κ3) is 4.53. The first-order valence-corrected chi connectivity index (χ1v) is 11.2. The molecule has 2 N–H and O–H groups in total. The van der Waals surface area contributed by atoms with Crippen molar-refractivity contribution in [2.45, 2.75) is 57.4 Å². The average molecular weight is 430 g/mol. The zero-order chi connectivity index (χ0) is 19.8. The van der Waals surface area contributed by atoms with Crippen LogP contribution in [0.5, 0.6) is 0 Å². The van der Waals surface area contributed by atoms with Crippen molar-refractivity contribution in [1.82, 2.24) is 9.21 Å². The van der Waals surface area contributed by atoms with E-state index >= 15 is 0 Å². The van der Waals surface area contributed by atoms with E-state index in [9.17, 15) is 13.2 Å². The van der Waals surface area contributed by atoms with Gasteiger partial charge in [-0.2, -0.15) is 4.31 Å². The summed E-state index contributed by atoms with van der Waals surface area (Å²) in [7, 11) is -3.57. The van der Waals surface area contributed by atoms with Gasteiger partial charge in [-0.1, -0.05) is 26.3 Å². The summed E-state index contributed by atoms with van der Waals surface area (Å²) in [5.41, 5.74) is 7.13. The van der Waals surface area contributed by atoms with Gasteiger partial charge in [-0.25, -0.2) is 8.42 Å². The number of benzene rings is 1. The number of piperidine rings is 2. The van der Waals surface area contributed by atoms with E-state index in [0.717, 1.165) is 25.7 Å². The number of carbonyl (C=O) groups is 1.